The maximum atomic E-state index is 12.2. The van der Waals surface area contributed by atoms with Crippen molar-refractivity contribution in [2.24, 2.45) is 0 Å². The van der Waals surface area contributed by atoms with Crippen LogP contribution in [-0.4, -0.2) is 34.7 Å². The lowest BCUT2D eigenvalue weighted by Gasteiger charge is -2.08. The molecule has 1 atom stereocenters. The second-order valence-electron chi connectivity index (χ2n) is 6.28. The van der Waals surface area contributed by atoms with Crippen molar-refractivity contribution in [3.05, 3.63) is 35.3 Å². The molecule has 28 heavy (non-hydrogen) atoms. The Bertz CT molecular complexity index is 909. The highest BCUT2D eigenvalue weighted by atomic mass is 32.1. The van der Waals surface area contributed by atoms with Crippen molar-refractivity contribution in [3.63, 3.8) is 0 Å². The molecular weight excluding hydrogens is 382 g/mol. The Hall–Kier alpha value is -3.27. The predicted molar refractivity (Wildman–Crippen MR) is 105 cm³/mol. The van der Waals surface area contributed by atoms with Gasteiger partial charge in [0.05, 0.1) is 12.1 Å². The van der Waals surface area contributed by atoms with Gasteiger partial charge in [-0.2, -0.15) is 0 Å². The molecule has 1 unspecified atom stereocenters. The summed E-state index contributed by atoms with van der Waals surface area (Å²) in [5, 5.41) is 12.7. The Kier molecular flexibility index (Phi) is 5.99. The lowest BCUT2D eigenvalue weighted by molar-refractivity contribution is -0.122. The van der Waals surface area contributed by atoms with Crippen molar-refractivity contribution in [2.75, 3.05) is 16.0 Å². The summed E-state index contributed by atoms with van der Waals surface area (Å²) in [5.41, 5.74) is 1.77. The number of nitrogens with zero attached hydrogens (tertiary/aromatic N) is 1. The zero-order valence-electron chi connectivity index (χ0n) is 15.1. The molecule has 9 nitrogen and oxygen atoms in total. The van der Waals surface area contributed by atoms with Crippen LogP contribution in [0.3, 0.4) is 0 Å². The van der Waals surface area contributed by atoms with E-state index in [9.17, 15) is 19.2 Å². The van der Waals surface area contributed by atoms with E-state index in [1.54, 1.807) is 29.6 Å². The van der Waals surface area contributed by atoms with E-state index in [1.165, 1.54) is 18.3 Å². The number of nitrogens with one attached hydrogen (secondary N) is 4. The SMILES string of the molecule is CC(=O)Nc1ccc(NC(=O)Cc2csc(NC(=O)C3CCC(=O)N3)n2)cc1. The maximum Gasteiger partial charge on any atom is 0.248 e. The summed E-state index contributed by atoms with van der Waals surface area (Å²) in [7, 11) is 0. The Balaban J connectivity index is 1.50. The Morgan fingerprint density at radius 3 is 2.43 bits per heavy atom. The van der Waals surface area contributed by atoms with Gasteiger partial charge in [0.2, 0.25) is 23.6 Å². The van der Waals surface area contributed by atoms with Crippen molar-refractivity contribution < 1.29 is 19.2 Å². The number of thiazole rings is 1. The van der Waals surface area contributed by atoms with Gasteiger partial charge < -0.3 is 21.3 Å². The number of anilines is 3. The summed E-state index contributed by atoms with van der Waals surface area (Å²) >= 11 is 1.22. The fourth-order valence-corrected chi connectivity index (χ4v) is 3.37. The van der Waals surface area contributed by atoms with E-state index >= 15 is 0 Å². The summed E-state index contributed by atoms with van der Waals surface area (Å²) in [5.74, 6) is -0.866. The first-order chi connectivity index (χ1) is 13.4. The second kappa shape index (κ2) is 8.61. The first-order valence-electron chi connectivity index (χ1n) is 8.61. The molecule has 0 aliphatic carbocycles. The average Bonchev–Trinajstić information content (AvgIpc) is 3.25. The highest BCUT2D eigenvalue weighted by molar-refractivity contribution is 7.13. The molecule has 1 aliphatic heterocycles. The third kappa shape index (κ3) is 5.36. The smallest absolute Gasteiger partial charge is 0.248 e. The number of hydrogen-bond acceptors (Lipinski definition) is 6. The number of hydrogen-bond donors (Lipinski definition) is 4. The molecule has 3 rings (SSSR count). The molecule has 146 valence electrons. The molecule has 1 saturated heterocycles. The van der Waals surface area contributed by atoms with Crippen molar-refractivity contribution in [3.8, 4) is 0 Å². The topological polar surface area (TPSA) is 129 Å². The predicted octanol–water partition coefficient (Wildman–Crippen LogP) is 1.50. The van der Waals surface area contributed by atoms with E-state index in [0.717, 1.165) is 0 Å². The first kappa shape index (κ1) is 19.5. The monoisotopic (exact) mass is 401 g/mol. The van der Waals surface area contributed by atoms with Gasteiger partial charge in [-0.15, -0.1) is 11.3 Å². The van der Waals surface area contributed by atoms with E-state index in [4.69, 9.17) is 0 Å². The molecule has 0 radical (unpaired) electrons. The Morgan fingerprint density at radius 2 is 1.82 bits per heavy atom. The van der Waals surface area contributed by atoms with Crippen LogP contribution >= 0.6 is 11.3 Å². The van der Waals surface area contributed by atoms with Crippen LogP contribution in [0.25, 0.3) is 0 Å². The molecule has 1 aromatic carbocycles. The van der Waals surface area contributed by atoms with E-state index in [1.807, 2.05) is 0 Å². The van der Waals surface area contributed by atoms with Gasteiger partial charge >= 0.3 is 0 Å². The average molecular weight is 401 g/mol. The van der Waals surface area contributed by atoms with Crippen LogP contribution in [0.2, 0.25) is 0 Å². The fraction of sp³-hybridized carbons (Fsp3) is 0.278. The van der Waals surface area contributed by atoms with Gasteiger partial charge in [0.1, 0.15) is 6.04 Å². The Morgan fingerprint density at radius 1 is 1.14 bits per heavy atom. The van der Waals surface area contributed by atoms with Crippen molar-refractivity contribution in [1.29, 1.82) is 0 Å². The van der Waals surface area contributed by atoms with Gasteiger partial charge in [0, 0.05) is 30.1 Å². The molecule has 1 aliphatic rings. The van der Waals surface area contributed by atoms with Crippen LogP contribution < -0.4 is 21.3 Å². The van der Waals surface area contributed by atoms with Crippen LogP contribution in [0.1, 0.15) is 25.5 Å². The van der Waals surface area contributed by atoms with Crippen LogP contribution in [-0.2, 0) is 25.6 Å². The minimum Gasteiger partial charge on any atom is -0.344 e. The summed E-state index contributed by atoms with van der Waals surface area (Å²) in [6.07, 6.45) is 0.860. The molecule has 1 aromatic heterocycles. The summed E-state index contributed by atoms with van der Waals surface area (Å²) in [4.78, 5) is 50.7. The molecule has 2 aromatic rings. The lowest BCUT2D eigenvalue weighted by Crippen LogP contribution is -2.37. The van der Waals surface area contributed by atoms with Crippen molar-refractivity contribution >= 4 is 51.5 Å². The largest absolute Gasteiger partial charge is 0.344 e. The number of carbonyl (C=O) groups excluding carboxylic acids is 4. The summed E-state index contributed by atoms with van der Waals surface area (Å²) in [6.45, 7) is 1.42. The van der Waals surface area contributed by atoms with Crippen LogP contribution in [0.15, 0.2) is 29.6 Å². The summed E-state index contributed by atoms with van der Waals surface area (Å²) < 4.78 is 0. The van der Waals surface area contributed by atoms with E-state index in [-0.39, 0.29) is 30.0 Å². The second-order valence-corrected chi connectivity index (χ2v) is 7.13. The van der Waals surface area contributed by atoms with Crippen LogP contribution in [0, 0.1) is 0 Å². The first-order valence-corrected chi connectivity index (χ1v) is 9.49. The molecule has 2 heterocycles. The third-order valence-corrected chi connectivity index (χ3v) is 4.73. The normalized spacial score (nSPS) is 15.6. The van der Waals surface area contributed by atoms with Gasteiger partial charge in [-0.3, -0.25) is 19.2 Å². The van der Waals surface area contributed by atoms with Crippen molar-refractivity contribution in [2.45, 2.75) is 32.2 Å². The number of rotatable bonds is 6. The standard InChI is InChI=1S/C18H19N5O4S/c1-10(24)19-11-2-4-12(5-3-11)20-16(26)8-13-9-28-18(21-13)23-17(27)14-6-7-15(25)22-14/h2-5,9,14H,6-8H2,1H3,(H,19,24)(H,20,26)(H,22,25)(H,21,23,27). The van der Waals surface area contributed by atoms with Crippen LogP contribution in [0.5, 0.6) is 0 Å². The Labute approximate surface area is 164 Å². The molecule has 4 N–H and O–H groups in total. The lowest BCUT2D eigenvalue weighted by atomic mass is 10.2. The van der Waals surface area contributed by atoms with Gasteiger partial charge in [-0.1, -0.05) is 0 Å². The number of aromatic nitrogens is 1. The maximum absolute atomic E-state index is 12.2. The van der Waals surface area contributed by atoms with Gasteiger partial charge in [-0.05, 0) is 30.7 Å². The zero-order valence-corrected chi connectivity index (χ0v) is 15.9. The van der Waals surface area contributed by atoms with Crippen molar-refractivity contribution in [1.82, 2.24) is 10.3 Å². The third-order valence-electron chi connectivity index (χ3n) is 3.92. The quantitative estimate of drug-likeness (QED) is 0.583. The van der Waals surface area contributed by atoms with E-state index in [0.29, 0.717) is 35.0 Å². The molecule has 0 saturated carbocycles. The number of carbonyl (C=O) groups is 4. The number of amides is 4. The van der Waals surface area contributed by atoms with Gasteiger partial charge in [0.15, 0.2) is 5.13 Å². The van der Waals surface area contributed by atoms with Gasteiger partial charge in [-0.25, -0.2) is 4.98 Å². The molecule has 4 amide bonds. The highest BCUT2D eigenvalue weighted by Gasteiger charge is 2.27. The molecular formula is C18H19N5O4S. The van der Waals surface area contributed by atoms with E-state index < -0.39 is 6.04 Å². The molecule has 1 fully saturated rings. The van der Waals surface area contributed by atoms with Crippen LogP contribution in [0.4, 0.5) is 16.5 Å². The summed E-state index contributed by atoms with van der Waals surface area (Å²) in [6, 6.07) is 6.21. The van der Waals surface area contributed by atoms with E-state index in [2.05, 4.69) is 26.3 Å². The minimum absolute atomic E-state index is 0.0555. The highest BCUT2D eigenvalue weighted by Crippen LogP contribution is 2.18. The fourth-order valence-electron chi connectivity index (χ4n) is 2.66. The molecule has 0 bridgehead atoms. The molecule has 10 heteroatoms. The molecule has 0 spiro atoms. The zero-order chi connectivity index (χ0) is 20.1. The van der Waals surface area contributed by atoms with Gasteiger partial charge in [0.25, 0.3) is 0 Å². The minimum atomic E-state index is -0.538. The number of benzene rings is 1.